The van der Waals surface area contributed by atoms with Gasteiger partial charge in [-0.3, -0.25) is 0 Å². The molecule has 2 aliphatic rings. The first-order valence-corrected chi connectivity index (χ1v) is 16.2. The SMILES string of the molecule is Cc1ccc(O)c(-c2nc(-c3ccccc3O)n3c2CCC3)n1.Cc1ccc(OBr)c(-c2nc(-c3ccccc3O)n3c2CCC3)n1. The number of phenolic OH excluding ortho intramolecular Hbond substituents is 2. The van der Waals surface area contributed by atoms with Crippen LogP contribution in [-0.2, 0) is 25.9 Å². The lowest BCUT2D eigenvalue weighted by Gasteiger charge is -2.06. The number of hydrogen-bond donors (Lipinski definition) is 3. The number of aromatic nitrogens is 6. The fraction of sp³-hybridized carbons (Fsp3) is 0.222. The largest absolute Gasteiger partial charge is 0.507 e. The molecule has 0 aliphatic carbocycles. The molecule has 4 aromatic heterocycles. The van der Waals surface area contributed by atoms with Gasteiger partial charge in [0.25, 0.3) is 0 Å². The zero-order valence-corrected chi connectivity index (χ0v) is 27.6. The molecule has 6 heterocycles. The van der Waals surface area contributed by atoms with Crippen LogP contribution in [0.1, 0.15) is 35.6 Å². The highest BCUT2D eigenvalue weighted by Crippen LogP contribution is 2.40. The highest BCUT2D eigenvalue weighted by molar-refractivity contribution is 9.06. The molecule has 0 bridgehead atoms. The molecule has 238 valence electrons. The average Bonchev–Trinajstić information content (AvgIpc) is 3.86. The van der Waals surface area contributed by atoms with Crippen molar-refractivity contribution in [3.05, 3.63) is 95.6 Å². The first-order chi connectivity index (χ1) is 22.8. The molecule has 0 saturated heterocycles. The third kappa shape index (κ3) is 5.61. The molecule has 0 amide bonds. The van der Waals surface area contributed by atoms with Crippen molar-refractivity contribution < 1.29 is 19.1 Å². The summed E-state index contributed by atoms with van der Waals surface area (Å²) < 4.78 is 9.60. The molecule has 3 N–H and O–H groups in total. The number of fused-ring (bicyclic) bond motifs is 2. The van der Waals surface area contributed by atoms with Gasteiger partial charge in [0.15, 0.2) is 22.0 Å². The van der Waals surface area contributed by atoms with Crippen LogP contribution in [0.3, 0.4) is 0 Å². The minimum Gasteiger partial charge on any atom is -0.507 e. The molecular weight excluding hydrogens is 660 g/mol. The number of benzene rings is 2. The number of nitrogens with zero attached hydrogens (tertiary/aromatic N) is 6. The molecule has 0 unspecified atom stereocenters. The number of hydrogen-bond acceptors (Lipinski definition) is 8. The van der Waals surface area contributed by atoms with Crippen LogP contribution >= 0.6 is 16.3 Å². The summed E-state index contributed by atoms with van der Waals surface area (Å²) in [7, 11) is 0. The Bertz CT molecular complexity index is 2120. The molecule has 10 nitrogen and oxygen atoms in total. The second kappa shape index (κ2) is 12.6. The third-order valence-electron chi connectivity index (χ3n) is 8.57. The van der Waals surface area contributed by atoms with Gasteiger partial charge in [-0.05, 0) is 88.1 Å². The maximum atomic E-state index is 10.2. The first kappa shape index (κ1) is 30.5. The van der Waals surface area contributed by atoms with Crippen molar-refractivity contribution in [3.8, 4) is 68.5 Å². The molecule has 0 radical (unpaired) electrons. The lowest BCUT2D eigenvalue weighted by molar-refractivity contribution is 0.474. The molecular formula is C36H33BrN6O4. The van der Waals surface area contributed by atoms with Crippen molar-refractivity contribution in [3.63, 3.8) is 0 Å². The van der Waals surface area contributed by atoms with E-state index in [0.29, 0.717) is 22.7 Å². The van der Waals surface area contributed by atoms with Crippen LogP contribution in [0.15, 0.2) is 72.8 Å². The number of pyridine rings is 2. The van der Waals surface area contributed by atoms with E-state index in [1.807, 2.05) is 56.3 Å². The number of para-hydroxylation sites is 2. The van der Waals surface area contributed by atoms with Crippen molar-refractivity contribution in [1.82, 2.24) is 29.1 Å². The number of phenols is 2. The van der Waals surface area contributed by atoms with Crippen LogP contribution < -0.4 is 3.83 Å². The summed E-state index contributed by atoms with van der Waals surface area (Å²) in [4.78, 5) is 18.6. The Balaban J connectivity index is 0.000000150. The van der Waals surface area contributed by atoms with Crippen LogP contribution in [0.5, 0.6) is 23.0 Å². The summed E-state index contributed by atoms with van der Waals surface area (Å²) in [6.45, 7) is 5.59. The van der Waals surface area contributed by atoms with Crippen molar-refractivity contribution in [2.24, 2.45) is 0 Å². The molecule has 47 heavy (non-hydrogen) atoms. The monoisotopic (exact) mass is 692 g/mol. The van der Waals surface area contributed by atoms with E-state index in [0.717, 1.165) is 90.1 Å². The van der Waals surface area contributed by atoms with Crippen molar-refractivity contribution in [1.29, 1.82) is 0 Å². The molecule has 0 atom stereocenters. The molecule has 8 rings (SSSR count). The van der Waals surface area contributed by atoms with E-state index in [1.165, 1.54) is 0 Å². The quantitative estimate of drug-likeness (QED) is 0.169. The molecule has 0 fully saturated rings. The highest BCUT2D eigenvalue weighted by Gasteiger charge is 2.28. The van der Waals surface area contributed by atoms with Crippen LogP contribution in [0.2, 0.25) is 0 Å². The van der Waals surface area contributed by atoms with E-state index in [2.05, 4.69) is 35.4 Å². The lowest BCUT2D eigenvalue weighted by Crippen LogP contribution is -1.96. The summed E-state index contributed by atoms with van der Waals surface area (Å²) in [5, 5.41) is 30.6. The Kier molecular flexibility index (Phi) is 8.15. The highest BCUT2D eigenvalue weighted by atomic mass is 79.9. The summed E-state index contributed by atoms with van der Waals surface area (Å²) in [6.07, 6.45) is 3.91. The molecule has 0 spiro atoms. The van der Waals surface area contributed by atoms with Crippen LogP contribution in [0.25, 0.3) is 45.6 Å². The number of halogens is 1. The first-order valence-electron chi connectivity index (χ1n) is 15.5. The van der Waals surface area contributed by atoms with Crippen LogP contribution in [-0.4, -0.2) is 44.4 Å². The van der Waals surface area contributed by atoms with E-state index in [9.17, 15) is 15.3 Å². The Morgan fingerprint density at radius 1 is 0.574 bits per heavy atom. The van der Waals surface area contributed by atoms with E-state index in [-0.39, 0.29) is 17.2 Å². The van der Waals surface area contributed by atoms with Gasteiger partial charge in [0, 0.05) is 35.9 Å². The summed E-state index contributed by atoms with van der Waals surface area (Å²) in [6, 6.07) is 21.7. The summed E-state index contributed by atoms with van der Waals surface area (Å²) in [5.74, 6) is 2.72. The minimum absolute atomic E-state index is 0.132. The lowest BCUT2D eigenvalue weighted by atomic mass is 10.1. The molecule has 11 heteroatoms. The Morgan fingerprint density at radius 3 is 1.60 bits per heavy atom. The van der Waals surface area contributed by atoms with Gasteiger partial charge in [0.05, 0.1) is 11.1 Å². The third-order valence-corrected chi connectivity index (χ3v) is 8.92. The number of aromatic hydroxyl groups is 3. The smallest absolute Gasteiger partial charge is 0.179 e. The number of rotatable bonds is 5. The predicted molar refractivity (Wildman–Crippen MR) is 182 cm³/mol. The van der Waals surface area contributed by atoms with Gasteiger partial charge in [-0.15, -0.1) is 0 Å². The molecule has 2 aliphatic heterocycles. The summed E-state index contributed by atoms with van der Waals surface area (Å²) >= 11 is 3.06. The zero-order chi connectivity index (χ0) is 32.7. The van der Waals surface area contributed by atoms with Gasteiger partial charge in [-0.25, -0.2) is 19.9 Å². The fourth-order valence-corrected chi connectivity index (χ4v) is 6.65. The van der Waals surface area contributed by atoms with Crippen LogP contribution in [0, 0.1) is 13.8 Å². The predicted octanol–water partition coefficient (Wildman–Crippen LogP) is 7.54. The summed E-state index contributed by atoms with van der Waals surface area (Å²) in [5.41, 5.74) is 8.15. The van der Waals surface area contributed by atoms with Crippen molar-refractivity contribution >= 4 is 16.3 Å². The Labute approximate surface area is 280 Å². The van der Waals surface area contributed by atoms with Gasteiger partial charge in [0.2, 0.25) is 0 Å². The maximum Gasteiger partial charge on any atom is 0.179 e. The normalized spacial score (nSPS) is 13.2. The topological polar surface area (TPSA) is 131 Å². The zero-order valence-electron chi connectivity index (χ0n) is 26.0. The van der Waals surface area contributed by atoms with Gasteiger partial charge in [-0.2, -0.15) is 0 Å². The van der Waals surface area contributed by atoms with Crippen molar-refractivity contribution in [2.45, 2.75) is 52.6 Å². The van der Waals surface area contributed by atoms with Crippen LogP contribution in [0.4, 0.5) is 0 Å². The van der Waals surface area contributed by atoms with Gasteiger partial charge in [0.1, 0.15) is 51.7 Å². The minimum atomic E-state index is 0.132. The Hall–Kier alpha value is -5.16. The van der Waals surface area contributed by atoms with Gasteiger partial charge < -0.3 is 28.3 Å². The average molecular weight is 694 g/mol. The molecule has 2 aromatic carbocycles. The molecule has 6 aromatic rings. The van der Waals surface area contributed by atoms with E-state index < -0.39 is 0 Å². The standard InChI is InChI=1S/C18H16BrN3O2.C18H17N3O2/c1-11-8-9-15(24-19)17(20-11)16-13-6-4-10-22(13)18(21-16)12-5-2-3-7-14(12)23;1-11-8-9-15(23)17(19-11)16-13-6-4-10-21(13)18(20-16)12-5-2-3-7-14(12)22/h2-3,5,7-9,23H,4,6,10H2,1H3;2-3,5,7-9,22-23H,4,6,10H2,1H3. The van der Waals surface area contributed by atoms with Crippen molar-refractivity contribution in [2.75, 3.05) is 0 Å². The second-order valence-electron chi connectivity index (χ2n) is 11.7. The molecule has 0 saturated carbocycles. The fourth-order valence-electron chi connectivity index (χ4n) is 6.39. The number of imidazole rings is 2. The van der Waals surface area contributed by atoms with E-state index >= 15 is 0 Å². The van der Waals surface area contributed by atoms with Gasteiger partial charge >= 0.3 is 0 Å². The van der Waals surface area contributed by atoms with E-state index in [4.69, 9.17) is 13.8 Å². The second-order valence-corrected chi connectivity index (χ2v) is 12.0. The maximum absolute atomic E-state index is 10.2. The van der Waals surface area contributed by atoms with E-state index in [1.54, 1.807) is 30.3 Å². The Morgan fingerprint density at radius 2 is 1.06 bits per heavy atom. The number of aryl methyl sites for hydroxylation is 2. The van der Waals surface area contributed by atoms with Gasteiger partial charge in [-0.1, -0.05) is 24.3 Å².